The number of carbonyl (C=O) groups excluding carboxylic acids is 1. The summed E-state index contributed by atoms with van der Waals surface area (Å²) in [6, 6.07) is 5.98. The molecule has 6 nitrogen and oxygen atoms in total. The summed E-state index contributed by atoms with van der Waals surface area (Å²) in [7, 11) is 1.43. The van der Waals surface area contributed by atoms with Crippen molar-refractivity contribution in [1.82, 2.24) is 4.98 Å². The van der Waals surface area contributed by atoms with Crippen molar-refractivity contribution in [3.8, 4) is 6.07 Å². The third-order valence-electron chi connectivity index (χ3n) is 5.04. The maximum Gasteiger partial charge on any atom is 0.417 e. The Morgan fingerprint density at radius 1 is 1.37 bits per heavy atom. The Balaban J connectivity index is 2.05. The number of carbonyl (C=O) groups is 1. The number of halogens is 4. The summed E-state index contributed by atoms with van der Waals surface area (Å²) in [5.41, 5.74) is 4.67. The Morgan fingerprint density at radius 3 is 2.67 bits per heavy atom. The molecule has 0 bridgehead atoms. The fourth-order valence-corrected chi connectivity index (χ4v) is 3.58. The van der Waals surface area contributed by atoms with Crippen molar-refractivity contribution in [3.63, 3.8) is 0 Å². The van der Waals surface area contributed by atoms with Crippen LogP contribution in [0, 0.1) is 24.1 Å². The van der Waals surface area contributed by atoms with Crippen molar-refractivity contribution in [2.24, 2.45) is 5.73 Å². The Morgan fingerprint density at radius 2 is 2.07 bits per heavy atom. The molecule has 0 unspecified atom stereocenters. The summed E-state index contributed by atoms with van der Waals surface area (Å²) in [4.78, 5) is 19.8. The SMILES string of the molecule is Cc1cc(C(F)(F)F)c(C#N)c(N2CC[C@@H](N)[C@H]2C(=O)N(C)c2cccc(F)c2)n1. The van der Waals surface area contributed by atoms with Gasteiger partial charge in [-0.3, -0.25) is 4.79 Å². The first-order valence-electron chi connectivity index (χ1n) is 9.09. The largest absolute Gasteiger partial charge is 0.417 e. The maximum absolute atomic E-state index is 13.6. The van der Waals surface area contributed by atoms with Gasteiger partial charge in [-0.1, -0.05) is 6.07 Å². The van der Waals surface area contributed by atoms with Gasteiger partial charge in [0, 0.05) is 31.0 Å². The topological polar surface area (TPSA) is 86.2 Å². The molecule has 2 aromatic rings. The van der Waals surface area contributed by atoms with E-state index in [4.69, 9.17) is 5.73 Å². The van der Waals surface area contributed by atoms with Crippen molar-refractivity contribution < 1.29 is 22.4 Å². The molecule has 0 aliphatic carbocycles. The average molecular weight is 421 g/mol. The zero-order chi connectivity index (χ0) is 22.2. The molecule has 1 aromatic carbocycles. The summed E-state index contributed by atoms with van der Waals surface area (Å²) in [6.45, 7) is 1.53. The van der Waals surface area contributed by atoms with Gasteiger partial charge in [0.05, 0.1) is 5.56 Å². The van der Waals surface area contributed by atoms with Gasteiger partial charge in [-0.05, 0) is 37.6 Å². The minimum atomic E-state index is -4.76. The quantitative estimate of drug-likeness (QED) is 0.770. The molecule has 1 aliphatic rings. The number of alkyl halides is 3. The van der Waals surface area contributed by atoms with Gasteiger partial charge in [-0.15, -0.1) is 0 Å². The normalized spacial score (nSPS) is 18.9. The van der Waals surface area contributed by atoms with E-state index >= 15 is 0 Å². The van der Waals surface area contributed by atoms with Crippen molar-refractivity contribution in [2.45, 2.75) is 31.6 Å². The number of nitrogens with zero attached hydrogens (tertiary/aromatic N) is 4. The molecule has 158 valence electrons. The number of aromatic nitrogens is 1. The lowest BCUT2D eigenvalue weighted by molar-refractivity contribution is -0.137. The van der Waals surface area contributed by atoms with E-state index < -0.39 is 41.1 Å². The molecule has 0 radical (unpaired) electrons. The number of likely N-dealkylation sites (N-methyl/N-ethyl adjacent to an activating group) is 1. The van der Waals surface area contributed by atoms with Gasteiger partial charge in [0.1, 0.15) is 29.3 Å². The van der Waals surface area contributed by atoms with Crippen LogP contribution in [0.1, 0.15) is 23.2 Å². The number of aryl methyl sites for hydroxylation is 1. The van der Waals surface area contributed by atoms with E-state index in [1.54, 1.807) is 6.07 Å². The van der Waals surface area contributed by atoms with Gasteiger partial charge < -0.3 is 15.5 Å². The first-order chi connectivity index (χ1) is 14.0. The van der Waals surface area contributed by atoms with Crippen LogP contribution in [0.3, 0.4) is 0 Å². The van der Waals surface area contributed by atoms with Crippen molar-refractivity contribution >= 4 is 17.4 Å². The average Bonchev–Trinajstić information content (AvgIpc) is 3.06. The van der Waals surface area contributed by atoms with Crippen LogP contribution >= 0.6 is 0 Å². The number of nitrogens with two attached hydrogens (primary N) is 1. The zero-order valence-electron chi connectivity index (χ0n) is 16.2. The van der Waals surface area contributed by atoms with Crippen LogP contribution in [-0.2, 0) is 11.0 Å². The van der Waals surface area contributed by atoms with Gasteiger partial charge in [-0.25, -0.2) is 9.37 Å². The highest BCUT2D eigenvalue weighted by atomic mass is 19.4. The summed E-state index contributed by atoms with van der Waals surface area (Å²) in [5, 5.41) is 9.44. The van der Waals surface area contributed by atoms with Crippen LogP contribution < -0.4 is 15.5 Å². The standard InChI is InChI=1S/C20H19F4N5O/c1-11-8-15(20(22,23)24)14(10-25)18(27-11)29-7-6-16(26)17(29)19(30)28(2)13-5-3-4-12(21)9-13/h3-5,8-9,16-17H,6-7,26H2,1-2H3/t16-,17+/m1/s1. The number of hydrogen-bond donors (Lipinski definition) is 1. The molecule has 2 N–H and O–H groups in total. The minimum absolute atomic E-state index is 0.0569. The van der Waals surface area contributed by atoms with Crippen LogP contribution in [0.25, 0.3) is 0 Å². The van der Waals surface area contributed by atoms with E-state index in [1.807, 2.05) is 0 Å². The summed E-state index contributed by atoms with van der Waals surface area (Å²) in [6.07, 6.45) is -4.44. The van der Waals surface area contributed by atoms with Crippen LogP contribution in [0.4, 0.5) is 29.1 Å². The minimum Gasteiger partial charge on any atom is -0.342 e. The van der Waals surface area contributed by atoms with Crippen LogP contribution in [0.5, 0.6) is 0 Å². The Labute approximate surface area is 170 Å². The van der Waals surface area contributed by atoms with Crippen molar-refractivity contribution in [2.75, 3.05) is 23.4 Å². The number of hydrogen-bond acceptors (Lipinski definition) is 5. The second kappa shape index (κ2) is 7.91. The van der Waals surface area contributed by atoms with E-state index in [-0.39, 0.29) is 23.7 Å². The highest BCUT2D eigenvalue weighted by molar-refractivity contribution is 5.99. The highest BCUT2D eigenvalue weighted by Crippen LogP contribution is 2.37. The molecule has 2 heterocycles. The summed E-state index contributed by atoms with van der Waals surface area (Å²) in [5.74, 6) is -1.31. The Bertz CT molecular complexity index is 1020. The molecule has 1 saturated heterocycles. The highest BCUT2D eigenvalue weighted by Gasteiger charge is 2.43. The van der Waals surface area contributed by atoms with Gasteiger partial charge in [0.15, 0.2) is 0 Å². The molecule has 1 amide bonds. The van der Waals surface area contributed by atoms with Crippen LogP contribution in [-0.4, -0.2) is 36.6 Å². The first kappa shape index (κ1) is 21.5. The monoisotopic (exact) mass is 421 g/mol. The maximum atomic E-state index is 13.6. The fourth-order valence-electron chi connectivity index (χ4n) is 3.58. The lowest BCUT2D eigenvalue weighted by Crippen LogP contribution is -2.52. The van der Waals surface area contributed by atoms with E-state index in [0.29, 0.717) is 6.42 Å². The summed E-state index contributed by atoms with van der Waals surface area (Å²) < 4.78 is 54.0. The number of benzene rings is 1. The van der Waals surface area contributed by atoms with Crippen molar-refractivity contribution in [1.29, 1.82) is 5.26 Å². The van der Waals surface area contributed by atoms with Gasteiger partial charge >= 0.3 is 6.18 Å². The summed E-state index contributed by atoms with van der Waals surface area (Å²) >= 11 is 0. The third kappa shape index (κ3) is 3.93. The van der Waals surface area contributed by atoms with E-state index in [9.17, 15) is 27.6 Å². The number of amides is 1. The molecule has 0 saturated carbocycles. The molecular formula is C20H19F4N5O. The van der Waals surface area contributed by atoms with E-state index in [1.165, 1.54) is 42.0 Å². The second-order valence-electron chi connectivity index (χ2n) is 7.09. The zero-order valence-corrected chi connectivity index (χ0v) is 16.2. The molecule has 0 spiro atoms. The number of rotatable bonds is 3. The van der Waals surface area contributed by atoms with E-state index in [0.717, 1.165) is 12.1 Å². The number of nitriles is 1. The molecule has 1 aromatic heterocycles. The molecule has 1 aliphatic heterocycles. The van der Waals surface area contributed by atoms with Crippen LogP contribution in [0.2, 0.25) is 0 Å². The molecule has 1 fully saturated rings. The fraction of sp³-hybridized carbons (Fsp3) is 0.350. The first-order valence-corrected chi connectivity index (χ1v) is 9.09. The predicted molar refractivity (Wildman–Crippen MR) is 102 cm³/mol. The molecule has 10 heteroatoms. The smallest absolute Gasteiger partial charge is 0.342 e. The van der Waals surface area contributed by atoms with Gasteiger partial charge in [-0.2, -0.15) is 18.4 Å². The molecule has 3 rings (SSSR count). The predicted octanol–water partition coefficient (Wildman–Crippen LogP) is 2.99. The Hall–Kier alpha value is -3.19. The van der Waals surface area contributed by atoms with Crippen LogP contribution in [0.15, 0.2) is 30.3 Å². The molecule has 30 heavy (non-hydrogen) atoms. The van der Waals surface area contributed by atoms with Gasteiger partial charge in [0.2, 0.25) is 0 Å². The number of anilines is 2. The lowest BCUT2D eigenvalue weighted by Gasteiger charge is -2.31. The number of pyridine rings is 1. The van der Waals surface area contributed by atoms with Crippen molar-refractivity contribution in [3.05, 3.63) is 53.0 Å². The third-order valence-corrected chi connectivity index (χ3v) is 5.04. The van der Waals surface area contributed by atoms with Gasteiger partial charge in [0.25, 0.3) is 5.91 Å². The molecule has 2 atom stereocenters. The second-order valence-corrected chi connectivity index (χ2v) is 7.09. The lowest BCUT2D eigenvalue weighted by atomic mass is 10.1. The molecular weight excluding hydrogens is 402 g/mol. The van der Waals surface area contributed by atoms with E-state index in [2.05, 4.69) is 4.98 Å². The Kier molecular flexibility index (Phi) is 5.67.